The van der Waals surface area contributed by atoms with Crippen molar-refractivity contribution in [3.05, 3.63) is 64.6 Å². The van der Waals surface area contributed by atoms with E-state index in [-0.39, 0.29) is 18.1 Å². The largest absolute Gasteiger partial charge is 0.378 e. The average molecular weight is 366 g/mol. The van der Waals surface area contributed by atoms with Crippen molar-refractivity contribution in [3.8, 4) is 0 Å². The minimum atomic E-state index is -0.173. The number of carbonyl (C=O) groups excluding carboxylic acids is 1. The number of carbonyl (C=O) groups is 1. The fourth-order valence-electron chi connectivity index (χ4n) is 3.18. The molecule has 3 aromatic rings. The van der Waals surface area contributed by atoms with Gasteiger partial charge < -0.3 is 10.2 Å². The lowest BCUT2D eigenvalue weighted by Gasteiger charge is -2.13. The number of aromatic nitrogens is 2. The van der Waals surface area contributed by atoms with Crippen molar-refractivity contribution in [3.63, 3.8) is 0 Å². The Labute approximate surface area is 159 Å². The second-order valence-corrected chi connectivity index (χ2v) is 6.85. The molecular formula is C21H26N4O2. The van der Waals surface area contributed by atoms with Gasteiger partial charge in [-0.05, 0) is 36.2 Å². The van der Waals surface area contributed by atoms with E-state index in [2.05, 4.69) is 5.32 Å². The summed E-state index contributed by atoms with van der Waals surface area (Å²) in [5, 5.41) is 2.91. The van der Waals surface area contributed by atoms with Gasteiger partial charge >= 0.3 is 5.69 Å². The van der Waals surface area contributed by atoms with Crippen LogP contribution < -0.4 is 15.9 Å². The zero-order valence-corrected chi connectivity index (χ0v) is 16.1. The fourth-order valence-corrected chi connectivity index (χ4v) is 3.18. The third kappa shape index (κ3) is 4.05. The number of benzene rings is 2. The van der Waals surface area contributed by atoms with Crippen LogP contribution >= 0.6 is 0 Å². The lowest BCUT2D eigenvalue weighted by Crippen LogP contribution is -2.32. The van der Waals surface area contributed by atoms with Gasteiger partial charge in [-0.1, -0.05) is 31.2 Å². The molecule has 0 saturated heterocycles. The van der Waals surface area contributed by atoms with Crippen molar-refractivity contribution in [2.75, 3.05) is 19.0 Å². The van der Waals surface area contributed by atoms with Crippen molar-refractivity contribution in [1.29, 1.82) is 0 Å². The van der Waals surface area contributed by atoms with Crippen molar-refractivity contribution in [2.24, 2.45) is 0 Å². The number of imidazole rings is 1. The lowest BCUT2D eigenvalue weighted by molar-refractivity contribution is -0.121. The molecule has 0 unspecified atom stereocenters. The quantitative estimate of drug-likeness (QED) is 0.699. The molecule has 0 radical (unpaired) electrons. The van der Waals surface area contributed by atoms with E-state index in [1.165, 1.54) is 0 Å². The monoisotopic (exact) mass is 366 g/mol. The van der Waals surface area contributed by atoms with Gasteiger partial charge in [0.2, 0.25) is 5.91 Å². The molecule has 1 heterocycles. The summed E-state index contributed by atoms with van der Waals surface area (Å²) in [6.07, 6.45) is 0.864. The second-order valence-electron chi connectivity index (χ2n) is 6.85. The van der Waals surface area contributed by atoms with E-state index in [9.17, 15) is 9.59 Å². The van der Waals surface area contributed by atoms with Gasteiger partial charge in [0.1, 0.15) is 6.54 Å². The third-order valence-corrected chi connectivity index (χ3v) is 4.62. The van der Waals surface area contributed by atoms with Crippen molar-refractivity contribution in [2.45, 2.75) is 33.0 Å². The maximum Gasteiger partial charge on any atom is 0.329 e. The first kappa shape index (κ1) is 18.8. The number of hydrogen-bond acceptors (Lipinski definition) is 3. The summed E-state index contributed by atoms with van der Waals surface area (Å²) < 4.78 is 3.29. The van der Waals surface area contributed by atoms with Gasteiger partial charge in [-0.25, -0.2) is 4.79 Å². The van der Waals surface area contributed by atoms with Crippen LogP contribution in [0, 0.1) is 0 Å². The van der Waals surface area contributed by atoms with E-state index in [4.69, 9.17) is 0 Å². The van der Waals surface area contributed by atoms with Gasteiger partial charge in [0.05, 0.1) is 11.0 Å². The molecule has 0 aliphatic carbocycles. The molecular weight excluding hydrogens is 340 g/mol. The number of para-hydroxylation sites is 2. The highest BCUT2D eigenvalue weighted by molar-refractivity contribution is 5.81. The number of fused-ring (bicyclic) bond motifs is 1. The first-order chi connectivity index (χ1) is 13.0. The summed E-state index contributed by atoms with van der Waals surface area (Å²) in [4.78, 5) is 27.2. The average Bonchev–Trinajstić information content (AvgIpc) is 2.93. The number of aryl methyl sites for hydroxylation is 1. The minimum absolute atomic E-state index is 0.0197. The number of nitrogens with one attached hydrogen (secondary N) is 1. The normalized spacial score (nSPS) is 10.9. The van der Waals surface area contributed by atoms with Crippen LogP contribution in [0.5, 0.6) is 0 Å². The molecule has 0 spiro atoms. The van der Waals surface area contributed by atoms with E-state index >= 15 is 0 Å². The van der Waals surface area contributed by atoms with Crippen LogP contribution in [0.2, 0.25) is 0 Å². The summed E-state index contributed by atoms with van der Waals surface area (Å²) in [5.74, 6) is -0.173. The Morgan fingerprint density at radius 3 is 2.22 bits per heavy atom. The first-order valence-electron chi connectivity index (χ1n) is 9.22. The molecule has 0 saturated carbocycles. The molecule has 0 aliphatic rings. The number of amides is 1. The van der Waals surface area contributed by atoms with Crippen molar-refractivity contribution in [1.82, 2.24) is 14.5 Å². The van der Waals surface area contributed by atoms with E-state index in [0.29, 0.717) is 13.1 Å². The summed E-state index contributed by atoms with van der Waals surface area (Å²) in [6, 6.07) is 15.6. The van der Waals surface area contributed by atoms with Gasteiger partial charge in [-0.3, -0.25) is 13.9 Å². The second kappa shape index (κ2) is 8.12. The predicted molar refractivity (Wildman–Crippen MR) is 109 cm³/mol. The first-order valence-corrected chi connectivity index (χ1v) is 9.22. The molecule has 6 nitrogen and oxygen atoms in total. The standard InChI is InChI=1S/C21H26N4O2/c1-4-13-24-18-7-5-6-8-19(18)25(21(24)27)15-20(26)22-14-16-9-11-17(12-10-16)23(2)3/h5-12H,4,13-15H2,1-3H3,(H,22,26). The van der Waals surface area contributed by atoms with Crippen molar-refractivity contribution >= 4 is 22.6 Å². The Morgan fingerprint density at radius 1 is 1.00 bits per heavy atom. The maximum absolute atomic E-state index is 12.7. The zero-order valence-electron chi connectivity index (χ0n) is 16.1. The molecule has 0 atom stereocenters. The molecule has 6 heteroatoms. The van der Waals surface area contributed by atoms with E-state index in [1.54, 1.807) is 9.13 Å². The van der Waals surface area contributed by atoms with Gasteiger partial charge in [0.15, 0.2) is 0 Å². The van der Waals surface area contributed by atoms with Crippen LogP contribution in [0.3, 0.4) is 0 Å². The fraction of sp³-hybridized carbons (Fsp3) is 0.333. The highest BCUT2D eigenvalue weighted by Gasteiger charge is 2.14. The molecule has 142 valence electrons. The Morgan fingerprint density at radius 2 is 1.63 bits per heavy atom. The number of rotatable bonds is 7. The Hall–Kier alpha value is -3.02. The Balaban J connectivity index is 1.72. The molecule has 2 aromatic carbocycles. The molecule has 1 N–H and O–H groups in total. The third-order valence-electron chi connectivity index (χ3n) is 4.62. The smallest absolute Gasteiger partial charge is 0.329 e. The number of anilines is 1. The number of nitrogens with zero attached hydrogens (tertiary/aromatic N) is 3. The van der Waals surface area contributed by atoms with Crippen LogP contribution in [-0.2, 0) is 24.4 Å². The summed E-state index contributed by atoms with van der Waals surface area (Å²) in [6.45, 7) is 3.14. The van der Waals surface area contributed by atoms with Crippen LogP contribution in [-0.4, -0.2) is 29.1 Å². The van der Waals surface area contributed by atoms with E-state index in [1.807, 2.05) is 74.4 Å². The van der Waals surface area contributed by atoms with Crippen molar-refractivity contribution < 1.29 is 4.79 Å². The highest BCUT2D eigenvalue weighted by atomic mass is 16.2. The molecule has 1 aromatic heterocycles. The molecule has 3 rings (SSSR count). The summed E-state index contributed by atoms with van der Waals surface area (Å²) in [7, 11) is 3.98. The molecule has 0 bridgehead atoms. The number of hydrogen-bond donors (Lipinski definition) is 1. The lowest BCUT2D eigenvalue weighted by atomic mass is 10.2. The Kier molecular flexibility index (Phi) is 5.64. The maximum atomic E-state index is 12.7. The van der Waals surface area contributed by atoms with Gasteiger partial charge in [-0.15, -0.1) is 0 Å². The topological polar surface area (TPSA) is 59.3 Å². The zero-order chi connectivity index (χ0) is 19.4. The van der Waals surface area contributed by atoms with Gasteiger partial charge in [-0.2, -0.15) is 0 Å². The highest BCUT2D eigenvalue weighted by Crippen LogP contribution is 2.14. The Bertz CT molecular complexity index is 984. The molecule has 27 heavy (non-hydrogen) atoms. The minimum Gasteiger partial charge on any atom is -0.378 e. The van der Waals surface area contributed by atoms with Gasteiger partial charge in [0.25, 0.3) is 0 Å². The van der Waals surface area contributed by atoms with Crippen LogP contribution in [0.4, 0.5) is 5.69 Å². The SMILES string of the molecule is CCCn1c(=O)n(CC(=O)NCc2ccc(N(C)C)cc2)c2ccccc21. The van der Waals surface area contributed by atoms with Crippen LogP contribution in [0.1, 0.15) is 18.9 Å². The van der Waals surface area contributed by atoms with E-state index in [0.717, 1.165) is 28.7 Å². The molecule has 0 aliphatic heterocycles. The molecule has 1 amide bonds. The predicted octanol–water partition coefficient (Wildman–Crippen LogP) is 2.60. The summed E-state index contributed by atoms with van der Waals surface area (Å²) >= 11 is 0. The van der Waals surface area contributed by atoms with Gasteiger partial charge in [0, 0.05) is 32.9 Å². The van der Waals surface area contributed by atoms with Crippen LogP contribution in [0.15, 0.2) is 53.3 Å². The summed E-state index contributed by atoms with van der Waals surface area (Å²) in [5.41, 5.74) is 3.66. The molecule has 0 fully saturated rings. The van der Waals surface area contributed by atoms with E-state index < -0.39 is 0 Å². The van der Waals surface area contributed by atoms with Crippen LogP contribution in [0.25, 0.3) is 11.0 Å².